The largest absolute Gasteiger partial charge is 0.544 e. The average molecular weight is 281 g/mol. The van der Waals surface area contributed by atoms with Crippen molar-refractivity contribution in [2.24, 2.45) is 10.9 Å². The first-order valence-electron chi connectivity index (χ1n) is 6.50. The van der Waals surface area contributed by atoms with Crippen molar-refractivity contribution in [2.75, 3.05) is 0 Å². The summed E-state index contributed by atoms with van der Waals surface area (Å²) >= 11 is 0. The van der Waals surface area contributed by atoms with E-state index in [4.69, 9.17) is 9.05 Å². The van der Waals surface area contributed by atoms with Gasteiger partial charge in [0.2, 0.25) is 0 Å². The lowest BCUT2D eigenvalue weighted by Crippen LogP contribution is -2.13. The Hall–Kier alpha value is -1.19. The molecule has 19 heavy (non-hydrogen) atoms. The van der Waals surface area contributed by atoms with Crippen LogP contribution < -0.4 is 4.52 Å². The molecule has 1 aromatic rings. The molecule has 2 aliphatic rings. The van der Waals surface area contributed by atoms with Gasteiger partial charge in [-0.25, -0.2) is 4.57 Å². The molecule has 3 atom stereocenters. The first kappa shape index (κ1) is 12.8. The molecule has 6 heteroatoms. The Balaban J connectivity index is 2.07. The molecule has 0 radical (unpaired) electrons. The quantitative estimate of drug-likeness (QED) is 0.602. The number of hydrogen-bond acceptors (Lipinski definition) is 4. The molecule has 1 aromatic carbocycles. The molecule has 3 unspecified atom stereocenters. The van der Waals surface area contributed by atoms with Crippen molar-refractivity contribution >= 4 is 7.75 Å². The van der Waals surface area contributed by atoms with Gasteiger partial charge in [0.1, 0.15) is 5.75 Å². The summed E-state index contributed by atoms with van der Waals surface area (Å²) in [7, 11) is -3.89. The van der Waals surface area contributed by atoms with Gasteiger partial charge in [0.25, 0.3) is 0 Å². The van der Waals surface area contributed by atoms with Crippen LogP contribution in [0.2, 0.25) is 0 Å². The number of fused-ring (bicyclic) bond motifs is 1. The first-order chi connectivity index (χ1) is 9.04. The summed E-state index contributed by atoms with van der Waals surface area (Å²) < 4.78 is 22.4. The molecule has 0 amide bonds. The van der Waals surface area contributed by atoms with Crippen LogP contribution in [0.15, 0.2) is 23.1 Å². The maximum absolute atomic E-state index is 12.0. The maximum Gasteiger partial charge on any atom is 0.544 e. The zero-order valence-corrected chi connectivity index (χ0v) is 11.8. The van der Waals surface area contributed by atoms with Gasteiger partial charge in [0.15, 0.2) is 0 Å². The van der Waals surface area contributed by atoms with Gasteiger partial charge in [-0.15, -0.1) is 4.91 Å². The molecule has 1 saturated carbocycles. The van der Waals surface area contributed by atoms with Crippen LogP contribution in [-0.4, -0.2) is 0 Å². The van der Waals surface area contributed by atoms with E-state index in [0.29, 0.717) is 17.6 Å². The minimum atomic E-state index is -3.89. The summed E-state index contributed by atoms with van der Waals surface area (Å²) in [5.41, 5.74) is 1.83. The normalized spacial score (nSPS) is 31.2. The highest BCUT2D eigenvalue weighted by atomic mass is 31.2. The van der Waals surface area contributed by atoms with Crippen LogP contribution in [0.5, 0.6) is 5.75 Å². The number of benzene rings is 1. The summed E-state index contributed by atoms with van der Waals surface area (Å²) in [5, 5.41) is 0. The van der Waals surface area contributed by atoms with Crippen LogP contribution in [-0.2, 0) is 9.09 Å². The third-order valence-corrected chi connectivity index (χ3v) is 5.13. The van der Waals surface area contributed by atoms with E-state index < -0.39 is 13.9 Å². The molecule has 5 nitrogen and oxygen atoms in total. The van der Waals surface area contributed by atoms with Crippen molar-refractivity contribution in [3.63, 3.8) is 0 Å². The zero-order valence-electron chi connectivity index (χ0n) is 10.9. The minimum absolute atomic E-state index is 0.334. The number of para-hydroxylation sites is 1. The molecule has 0 bridgehead atoms. The molecule has 1 aliphatic carbocycles. The Labute approximate surface area is 111 Å². The molecule has 0 aromatic heterocycles. The SMILES string of the molecule is CC1OP(=O)(N=O)Oc2c1cccc2C(C)C1CC1. The van der Waals surface area contributed by atoms with Crippen molar-refractivity contribution in [2.45, 2.75) is 38.7 Å². The summed E-state index contributed by atoms with van der Waals surface area (Å²) in [6.45, 7) is 3.89. The molecule has 1 heterocycles. The van der Waals surface area contributed by atoms with E-state index in [1.807, 2.05) is 18.2 Å². The van der Waals surface area contributed by atoms with Gasteiger partial charge >= 0.3 is 7.75 Å². The second kappa shape index (κ2) is 4.43. The molecule has 102 valence electrons. The minimum Gasteiger partial charge on any atom is -0.405 e. The van der Waals surface area contributed by atoms with Crippen LogP contribution in [0.3, 0.4) is 0 Å². The van der Waals surface area contributed by atoms with E-state index >= 15 is 0 Å². The number of rotatable bonds is 3. The highest BCUT2D eigenvalue weighted by Crippen LogP contribution is 2.60. The monoisotopic (exact) mass is 281 g/mol. The lowest BCUT2D eigenvalue weighted by Gasteiger charge is -2.29. The predicted octanol–water partition coefficient (Wildman–Crippen LogP) is 4.54. The fourth-order valence-corrected chi connectivity index (χ4v) is 3.71. The average Bonchev–Trinajstić information content (AvgIpc) is 3.21. The number of nitrogens with zero attached hydrogens (tertiary/aromatic N) is 1. The number of hydrogen-bond donors (Lipinski definition) is 0. The van der Waals surface area contributed by atoms with Crippen LogP contribution >= 0.6 is 7.75 Å². The highest BCUT2D eigenvalue weighted by molar-refractivity contribution is 7.52. The van der Waals surface area contributed by atoms with Crippen molar-refractivity contribution in [3.05, 3.63) is 34.2 Å². The maximum atomic E-state index is 12.0. The fraction of sp³-hybridized carbons (Fsp3) is 0.538. The van der Waals surface area contributed by atoms with E-state index in [2.05, 4.69) is 11.9 Å². The Kier molecular flexibility index (Phi) is 2.99. The Morgan fingerprint density at radius 2 is 2.16 bits per heavy atom. The molecule has 1 fully saturated rings. The summed E-state index contributed by atoms with van der Waals surface area (Å²) in [4.78, 5) is 13.3. The van der Waals surface area contributed by atoms with E-state index in [1.54, 1.807) is 6.92 Å². The van der Waals surface area contributed by atoms with E-state index in [-0.39, 0.29) is 0 Å². The lowest BCUT2D eigenvalue weighted by atomic mass is 9.92. The Morgan fingerprint density at radius 1 is 1.42 bits per heavy atom. The van der Waals surface area contributed by atoms with Gasteiger partial charge in [-0.2, -0.15) is 0 Å². The van der Waals surface area contributed by atoms with E-state index in [1.165, 1.54) is 12.8 Å². The summed E-state index contributed by atoms with van der Waals surface area (Å²) in [5.74, 6) is 1.51. The number of nitroso groups, excluding NO2 is 1. The molecule has 0 saturated heterocycles. The molecule has 0 spiro atoms. The molecular formula is C13H16NO4P. The molecule has 3 rings (SSSR count). The van der Waals surface area contributed by atoms with Crippen LogP contribution in [0, 0.1) is 10.8 Å². The second-order valence-electron chi connectivity index (χ2n) is 5.28. The molecule has 0 N–H and O–H groups in total. The van der Waals surface area contributed by atoms with E-state index in [9.17, 15) is 9.47 Å². The highest BCUT2D eigenvalue weighted by Gasteiger charge is 2.41. The third-order valence-electron chi connectivity index (χ3n) is 3.93. The predicted molar refractivity (Wildman–Crippen MR) is 71.1 cm³/mol. The standard InChI is InChI=1S/C13H16NO4P/c1-8(10-6-7-10)11-4-3-5-12-9(2)17-19(16,14-15)18-13(11)12/h3-5,8-10H,6-7H2,1-2H3. The van der Waals surface area contributed by atoms with E-state index in [0.717, 1.165) is 11.1 Å². The van der Waals surface area contributed by atoms with Crippen molar-refractivity contribution in [1.82, 2.24) is 0 Å². The van der Waals surface area contributed by atoms with Gasteiger partial charge in [-0.3, -0.25) is 4.52 Å². The van der Waals surface area contributed by atoms with Gasteiger partial charge in [-0.05, 0) is 37.2 Å². The molecule has 1 aliphatic heterocycles. The van der Waals surface area contributed by atoms with Crippen LogP contribution in [0.4, 0.5) is 0 Å². The van der Waals surface area contributed by atoms with Crippen molar-refractivity contribution in [3.8, 4) is 5.75 Å². The zero-order chi connectivity index (χ0) is 13.6. The second-order valence-corrected chi connectivity index (χ2v) is 6.77. The lowest BCUT2D eigenvalue weighted by molar-refractivity contribution is 0.173. The van der Waals surface area contributed by atoms with Crippen LogP contribution in [0.1, 0.15) is 49.8 Å². The Morgan fingerprint density at radius 3 is 2.79 bits per heavy atom. The van der Waals surface area contributed by atoms with Gasteiger partial charge in [0.05, 0.1) is 11.1 Å². The smallest absolute Gasteiger partial charge is 0.405 e. The van der Waals surface area contributed by atoms with Gasteiger partial charge < -0.3 is 4.52 Å². The molecular weight excluding hydrogens is 265 g/mol. The first-order valence-corrected chi connectivity index (χ1v) is 7.99. The fourth-order valence-electron chi connectivity index (χ4n) is 2.64. The van der Waals surface area contributed by atoms with Gasteiger partial charge in [0, 0.05) is 5.56 Å². The van der Waals surface area contributed by atoms with Crippen molar-refractivity contribution < 1.29 is 13.6 Å². The Bertz CT molecular complexity index is 570. The summed E-state index contributed by atoms with van der Waals surface area (Å²) in [6.07, 6.45) is 1.97. The third kappa shape index (κ3) is 2.21. The van der Waals surface area contributed by atoms with Gasteiger partial charge in [-0.1, -0.05) is 25.1 Å². The summed E-state index contributed by atoms with van der Waals surface area (Å²) in [6, 6.07) is 5.78. The van der Waals surface area contributed by atoms with Crippen LogP contribution in [0.25, 0.3) is 0 Å². The topological polar surface area (TPSA) is 65.0 Å². The van der Waals surface area contributed by atoms with Crippen molar-refractivity contribution in [1.29, 1.82) is 0 Å².